The van der Waals surface area contributed by atoms with Crippen molar-refractivity contribution in [2.24, 2.45) is 5.92 Å². The standard InChI is InChI=1S/C12H27NO2Si/c1-5-6-11-16(14-3,15-4)13-9-7-12(2)8-10-13/h12H,5-11H2,1-4H3. The molecule has 0 radical (unpaired) electrons. The van der Waals surface area contributed by atoms with Crippen LogP contribution in [0.1, 0.15) is 39.5 Å². The van der Waals surface area contributed by atoms with E-state index in [1.54, 1.807) is 0 Å². The molecule has 1 fully saturated rings. The van der Waals surface area contributed by atoms with Crippen molar-refractivity contribution in [2.75, 3.05) is 27.3 Å². The van der Waals surface area contributed by atoms with E-state index < -0.39 is 8.72 Å². The van der Waals surface area contributed by atoms with Crippen molar-refractivity contribution in [1.29, 1.82) is 0 Å². The van der Waals surface area contributed by atoms with Gasteiger partial charge in [0.2, 0.25) is 0 Å². The Morgan fingerprint density at radius 1 is 1.19 bits per heavy atom. The van der Waals surface area contributed by atoms with E-state index in [0.29, 0.717) is 0 Å². The van der Waals surface area contributed by atoms with E-state index in [0.717, 1.165) is 25.1 Å². The molecule has 0 aliphatic carbocycles. The van der Waals surface area contributed by atoms with Crippen LogP contribution in [0, 0.1) is 5.92 Å². The van der Waals surface area contributed by atoms with Crippen LogP contribution in [-0.2, 0) is 8.85 Å². The van der Waals surface area contributed by atoms with E-state index in [4.69, 9.17) is 8.85 Å². The van der Waals surface area contributed by atoms with Crippen LogP contribution in [0.2, 0.25) is 6.04 Å². The van der Waals surface area contributed by atoms with Crippen molar-refractivity contribution in [2.45, 2.75) is 45.6 Å². The minimum Gasteiger partial charge on any atom is -0.386 e. The Labute approximate surface area is 101 Å². The molecule has 0 bridgehead atoms. The van der Waals surface area contributed by atoms with Gasteiger partial charge in [-0.1, -0.05) is 26.7 Å². The summed E-state index contributed by atoms with van der Waals surface area (Å²) in [4.78, 5) is 0. The lowest BCUT2D eigenvalue weighted by Gasteiger charge is -2.41. The summed E-state index contributed by atoms with van der Waals surface area (Å²) < 4.78 is 14.1. The first kappa shape index (κ1) is 14.2. The summed E-state index contributed by atoms with van der Waals surface area (Å²) in [5.41, 5.74) is 0. The molecule has 0 aromatic carbocycles. The molecule has 3 nitrogen and oxygen atoms in total. The molecule has 0 amide bonds. The van der Waals surface area contributed by atoms with Gasteiger partial charge in [0.05, 0.1) is 0 Å². The maximum Gasteiger partial charge on any atom is 0.427 e. The zero-order valence-electron chi connectivity index (χ0n) is 11.3. The van der Waals surface area contributed by atoms with Crippen molar-refractivity contribution in [1.82, 2.24) is 4.57 Å². The van der Waals surface area contributed by atoms with Crippen molar-refractivity contribution in [3.63, 3.8) is 0 Å². The average Bonchev–Trinajstić information content (AvgIpc) is 2.33. The summed E-state index contributed by atoms with van der Waals surface area (Å²) in [7, 11) is 1.59. The fourth-order valence-electron chi connectivity index (χ4n) is 2.45. The first-order chi connectivity index (χ1) is 7.68. The van der Waals surface area contributed by atoms with E-state index in [9.17, 15) is 0 Å². The molecule has 1 saturated heterocycles. The molecule has 0 aromatic rings. The second-order valence-corrected chi connectivity index (χ2v) is 8.27. The minimum absolute atomic E-state index is 0.864. The van der Waals surface area contributed by atoms with Crippen LogP contribution in [0.15, 0.2) is 0 Å². The van der Waals surface area contributed by atoms with Gasteiger partial charge in [0, 0.05) is 20.3 Å². The van der Waals surface area contributed by atoms with Crippen LogP contribution in [0.25, 0.3) is 0 Å². The predicted octanol–water partition coefficient (Wildman–Crippen LogP) is 2.75. The lowest BCUT2D eigenvalue weighted by Crippen LogP contribution is -2.59. The highest BCUT2D eigenvalue weighted by molar-refractivity contribution is 6.64. The second-order valence-electron chi connectivity index (χ2n) is 4.89. The van der Waals surface area contributed by atoms with Gasteiger partial charge in [0.15, 0.2) is 0 Å². The molecular weight excluding hydrogens is 218 g/mol. The molecule has 0 atom stereocenters. The van der Waals surface area contributed by atoms with E-state index >= 15 is 0 Å². The molecule has 1 rings (SSSR count). The number of hydrogen-bond donors (Lipinski definition) is 0. The van der Waals surface area contributed by atoms with Gasteiger partial charge >= 0.3 is 8.72 Å². The molecule has 1 aliphatic rings. The van der Waals surface area contributed by atoms with Gasteiger partial charge in [-0.2, -0.15) is 0 Å². The van der Waals surface area contributed by atoms with Gasteiger partial charge in [0.1, 0.15) is 0 Å². The highest BCUT2D eigenvalue weighted by atomic mass is 28.4. The quantitative estimate of drug-likeness (QED) is 0.672. The zero-order chi connectivity index (χ0) is 12.0. The first-order valence-corrected chi connectivity index (χ1v) is 8.51. The molecule has 0 saturated carbocycles. The predicted molar refractivity (Wildman–Crippen MR) is 69.5 cm³/mol. The monoisotopic (exact) mass is 245 g/mol. The third-order valence-corrected chi connectivity index (χ3v) is 7.42. The minimum atomic E-state index is -2.06. The maximum atomic E-state index is 5.81. The van der Waals surface area contributed by atoms with Crippen molar-refractivity contribution >= 4 is 8.72 Å². The van der Waals surface area contributed by atoms with Gasteiger partial charge in [0.25, 0.3) is 0 Å². The third kappa shape index (κ3) is 3.29. The molecule has 16 heavy (non-hydrogen) atoms. The number of hydrogen-bond acceptors (Lipinski definition) is 3. The fourth-order valence-corrected chi connectivity index (χ4v) is 5.60. The van der Waals surface area contributed by atoms with Crippen LogP contribution in [-0.4, -0.2) is 40.6 Å². The Hall–Kier alpha value is 0.0969. The molecule has 4 heteroatoms. The zero-order valence-corrected chi connectivity index (χ0v) is 12.3. The van der Waals surface area contributed by atoms with E-state index in [-0.39, 0.29) is 0 Å². The van der Waals surface area contributed by atoms with Gasteiger partial charge in [-0.3, -0.25) is 4.57 Å². The molecule has 1 heterocycles. The molecular formula is C12H27NO2Si. The Balaban J connectivity index is 2.60. The summed E-state index contributed by atoms with van der Waals surface area (Å²) in [6.45, 7) is 6.87. The normalized spacial score (nSPS) is 20.2. The Morgan fingerprint density at radius 3 is 2.19 bits per heavy atom. The van der Waals surface area contributed by atoms with Crippen LogP contribution in [0.4, 0.5) is 0 Å². The highest BCUT2D eigenvalue weighted by Crippen LogP contribution is 2.26. The highest BCUT2D eigenvalue weighted by Gasteiger charge is 2.43. The van der Waals surface area contributed by atoms with Crippen molar-refractivity contribution in [3.05, 3.63) is 0 Å². The fraction of sp³-hybridized carbons (Fsp3) is 1.00. The summed E-state index contributed by atoms with van der Waals surface area (Å²) in [6.07, 6.45) is 4.99. The van der Waals surface area contributed by atoms with Crippen LogP contribution < -0.4 is 0 Å². The second kappa shape index (κ2) is 6.74. The topological polar surface area (TPSA) is 21.7 Å². The SMILES string of the molecule is CCCC[Si](OC)(OC)N1CCC(C)CC1. The number of unbranched alkanes of at least 4 members (excludes halogenated alkanes) is 1. The van der Waals surface area contributed by atoms with Gasteiger partial charge in [-0.25, -0.2) is 0 Å². The smallest absolute Gasteiger partial charge is 0.386 e. The third-order valence-electron chi connectivity index (χ3n) is 3.75. The van der Waals surface area contributed by atoms with E-state index in [1.165, 1.54) is 25.7 Å². The number of rotatable bonds is 6. The van der Waals surface area contributed by atoms with Gasteiger partial charge < -0.3 is 8.85 Å². The molecule has 1 aliphatic heterocycles. The maximum absolute atomic E-state index is 5.81. The lowest BCUT2D eigenvalue weighted by molar-refractivity contribution is 0.136. The Morgan fingerprint density at radius 2 is 1.75 bits per heavy atom. The molecule has 96 valence electrons. The van der Waals surface area contributed by atoms with Crippen LogP contribution >= 0.6 is 0 Å². The molecule has 0 N–H and O–H groups in total. The van der Waals surface area contributed by atoms with Gasteiger partial charge in [-0.05, 0) is 31.8 Å². The first-order valence-electron chi connectivity index (χ1n) is 6.54. The van der Waals surface area contributed by atoms with E-state index in [2.05, 4.69) is 18.4 Å². The summed E-state index contributed by atoms with van der Waals surface area (Å²) in [5, 5.41) is 0. The molecule has 0 spiro atoms. The molecule has 0 unspecified atom stereocenters. The summed E-state index contributed by atoms with van der Waals surface area (Å²) in [6, 6.07) is 1.10. The van der Waals surface area contributed by atoms with E-state index in [1.807, 2.05) is 14.2 Å². The van der Waals surface area contributed by atoms with Crippen molar-refractivity contribution < 1.29 is 8.85 Å². The summed E-state index contributed by atoms with van der Waals surface area (Å²) in [5.74, 6) is 0.864. The summed E-state index contributed by atoms with van der Waals surface area (Å²) >= 11 is 0. The Kier molecular flexibility index (Phi) is 5.96. The molecule has 0 aromatic heterocycles. The number of piperidine rings is 1. The average molecular weight is 245 g/mol. The largest absolute Gasteiger partial charge is 0.427 e. The lowest BCUT2D eigenvalue weighted by atomic mass is 10.0. The van der Waals surface area contributed by atoms with Crippen LogP contribution in [0.3, 0.4) is 0 Å². The van der Waals surface area contributed by atoms with Crippen LogP contribution in [0.5, 0.6) is 0 Å². The van der Waals surface area contributed by atoms with Gasteiger partial charge in [-0.15, -0.1) is 0 Å². The van der Waals surface area contributed by atoms with Crippen molar-refractivity contribution in [3.8, 4) is 0 Å². The Bertz CT molecular complexity index is 189. The number of nitrogens with zero attached hydrogens (tertiary/aromatic N) is 1.